The Hall–Kier alpha value is -1.02. The molecular weight excluding hydrogens is 222 g/mol. The number of piperidine rings is 1. The van der Waals surface area contributed by atoms with Crippen molar-refractivity contribution in [2.75, 3.05) is 25.1 Å². The van der Waals surface area contributed by atoms with Gasteiger partial charge in [0, 0.05) is 25.9 Å². The van der Waals surface area contributed by atoms with Crippen LogP contribution in [0.3, 0.4) is 0 Å². The molecule has 18 heavy (non-hydrogen) atoms. The number of rotatable bonds is 4. The minimum Gasteiger partial charge on any atom is -0.381 e. The summed E-state index contributed by atoms with van der Waals surface area (Å²) in [5.74, 6) is 0.654. The quantitative estimate of drug-likeness (QED) is 0.802. The van der Waals surface area contributed by atoms with Crippen LogP contribution in [0.15, 0.2) is 24.3 Å². The first-order valence-electron chi connectivity index (χ1n) is 7.12. The normalized spacial score (nSPS) is 18.9. The molecule has 1 heterocycles. The molecule has 1 saturated heterocycles. The van der Waals surface area contributed by atoms with Gasteiger partial charge >= 0.3 is 0 Å². The smallest absolute Gasteiger partial charge is 0.0605 e. The van der Waals surface area contributed by atoms with Crippen molar-refractivity contribution in [3.8, 4) is 0 Å². The Balaban J connectivity index is 2.05. The lowest BCUT2D eigenvalue weighted by Crippen LogP contribution is -2.36. The summed E-state index contributed by atoms with van der Waals surface area (Å²) in [6.45, 7) is 6.78. The Bertz CT molecular complexity index is 369. The maximum absolute atomic E-state index is 5.43. The molecule has 0 radical (unpaired) electrons. The van der Waals surface area contributed by atoms with Gasteiger partial charge in [-0.05, 0) is 42.9 Å². The van der Waals surface area contributed by atoms with E-state index in [1.807, 2.05) is 7.11 Å². The van der Waals surface area contributed by atoms with Crippen molar-refractivity contribution < 1.29 is 4.74 Å². The fourth-order valence-corrected chi connectivity index (χ4v) is 2.61. The van der Waals surface area contributed by atoms with Gasteiger partial charge in [-0.1, -0.05) is 26.0 Å². The molecule has 2 heteroatoms. The van der Waals surface area contributed by atoms with E-state index in [-0.39, 0.29) is 0 Å². The minimum absolute atomic E-state index is 0.457. The van der Waals surface area contributed by atoms with Crippen LogP contribution in [0.4, 0.5) is 5.69 Å². The largest absolute Gasteiger partial charge is 0.381 e. The molecule has 1 fully saturated rings. The molecule has 2 nitrogen and oxygen atoms in total. The molecule has 0 saturated carbocycles. The number of hydrogen-bond donors (Lipinski definition) is 0. The van der Waals surface area contributed by atoms with Crippen molar-refractivity contribution >= 4 is 5.69 Å². The van der Waals surface area contributed by atoms with Gasteiger partial charge in [0.05, 0.1) is 6.10 Å². The molecule has 0 bridgehead atoms. The Kier molecular flexibility index (Phi) is 4.65. The van der Waals surface area contributed by atoms with Gasteiger partial charge < -0.3 is 9.64 Å². The molecule has 1 aliphatic rings. The molecule has 0 spiro atoms. The van der Waals surface area contributed by atoms with Crippen molar-refractivity contribution in [3.63, 3.8) is 0 Å². The highest BCUT2D eigenvalue weighted by molar-refractivity contribution is 5.49. The van der Waals surface area contributed by atoms with E-state index in [9.17, 15) is 0 Å². The van der Waals surface area contributed by atoms with Crippen LogP contribution < -0.4 is 4.90 Å². The lowest BCUT2D eigenvalue weighted by atomic mass is 9.97. The molecule has 1 aromatic carbocycles. The number of ether oxygens (including phenoxy) is 1. The van der Waals surface area contributed by atoms with Crippen molar-refractivity contribution in [1.82, 2.24) is 0 Å². The van der Waals surface area contributed by atoms with E-state index < -0.39 is 0 Å². The van der Waals surface area contributed by atoms with Crippen LogP contribution in [0.2, 0.25) is 0 Å². The highest BCUT2D eigenvalue weighted by Gasteiger charge is 2.19. The highest BCUT2D eigenvalue weighted by Crippen LogP contribution is 2.26. The molecule has 2 rings (SSSR count). The summed E-state index contributed by atoms with van der Waals surface area (Å²) in [5.41, 5.74) is 2.84. The molecule has 1 unspecified atom stereocenters. The van der Waals surface area contributed by atoms with E-state index >= 15 is 0 Å². The molecule has 0 N–H and O–H groups in total. The first-order chi connectivity index (χ1) is 8.74. The van der Waals surface area contributed by atoms with E-state index in [0.29, 0.717) is 12.0 Å². The van der Waals surface area contributed by atoms with Gasteiger partial charge in [0.25, 0.3) is 0 Å². The number of nitrogens with zero attached hydrogens (tertiary/aromatic N) is 1. The first-order valence-corrected chi connectivity index (χ1v) is 7.12. The van der Waals surface area contributed by atoms with Crippen molar-refractivity contribution in [3.05, 3.63) is 29.8 Å². The topological polar surface area (TPSA) is 12.5 Å². The number of anilines is 1. The van der Waals surface area contributed by atoms with E-state index in [1.165, 1.54) is 17.7 Å². The third-order valence-electron chi connectivity index (χ3n) is 4.19. The van der Waals surface area contributed by atoms with Crippen LogP contribution >= 0.6 is 0 Å². The second-order valence-electron chi connectivity index (χ2n) is 5.33. The Morgan fingerprint density at radius 3 is 2.67 bits per heavy atom. The van der Waals surface area contributed by atoms with Crippen molar-refractivity contribution in [2.45, 2.75) is 45.1 Å². The maximum Gasteiger partial charge on any atom is 0.0605 e. The SMILES string of the molecule is CCC(C)c1cccc(N2CCC(OC)CC2)c1. The molecule has 1 atom stereocenters. The zero-order valence-corrected chi connectivity index (χ0v) is 11.9. The summed E-state index contributed by atoms with van der Waals surface area (Å²) in [7, 11) is 1.82. The highest BCUT2D eigenvalue weighted by atomic mass is 16.5. The molecule has 0 amide bonds. The Labute approximate surface area is 111 Å². The zero-order chi connectivity index (χ0) is 13.0. The van der Waals surface area contributed by atoms with Gasteiger partial charge in [-0.3, -0.25) is 0 Å². The number of hydrogen-bond acceptors (Lipinski definition) is 2. The van der Waals surface area contributed by atoms with Gasteiger partial charge in [0.2, 0.25) is 0 Å². The fourth-order valence-electron chi connectivity index (χ4n) is 2.61. The van der Waals surface area contributed by atoms with Gasteiger partial charge in [-0.15, -0.1) is 0 Å². The number of methoxy groups -OCH3 is 1. The molecule has 1 aliphatic heterocycles. The van der Waals surface area contributed by atoms with Crippen LogP contribution in [0.5, 0.6) is 0 Å². The van der Waals surface area contributed by atoms with Gasteiger partial charge in [-0.2, -0.15) is 0 Å². The van der Waals surface area contributed by atoms with Gasteiger partial charge in [0.15, 0.2) is 0 Å². The van der Waals surface area contributed by atoms with Crippen LogP contribution in [0.25, 0.3) is 0 Å². The standard InChI is InChI=1S/C16H25NO/c1-4-13(2)14-6-5-7-15(12-14)17-10-8-16(18-3)9-11-17/h5-7,12-13,16H,4,8-11H2,1-3H3. The zero-order valence-electron chi connectivity index (χ0n) is 11.9. The lowest BCUT2D eigenvalue weighted by molar-refractivity contribution is 0.0819. The second-order valence-corrected chi connectivity index (χ2v) is 5.33. The average molecular weight is 247 g/mol. The summed E-state index contributed by atoms with van der Waals surface area (Å²) < 4.78 is 5.43. The van der Waals surface area contributed by atoms with Gasteiger partial charge in [-0.25, -0.2) is 0 Å². The van der Waals surface area contributed by atoms with E-state index in [4.69, 9.17) is 4.74 Å². The van der Waals surface area contributed by atoms with Crippen LogP contribution in [-0.2, 0) is 4.74 Å². The first kappa shape index (κ1) is 13.4. The third-order valence-corrected chi connectivity index (χ3v) is 4.19. The monoisotopic (exact) mass is 247 g/mol. The summed E-state index contributed by atoms with van der Waals surface area (Å²) in [6, 6.07) is 9.04. The summed E-state index contributed by atoms with van der Waals surface area (Å²) in [4.78, 5) is 2.49. The average Bonchev–Trinajstić information content (AvgIpc) is 2.46. The van der Waals surface area contributed by atoms with Crippen molar-refractivity contribution in [2.24, 2.45) is 0 Å². The van der Waals surface area contributed by atoms with Crippen LogP contribution in [0.1, 0.15) is 44.6 Å². The van der Waals surface area contributed by atoms with Crippen LogP contribution in [0, 0.1) is 0 Å². The van der Waals surface area contributed by atoms with E-state index in [0.717, 1.165) is 25.9 Å². The van der Waals surface area contributed by atoms with Crippen LogP contribution in [-0.4, -0.2) is 26.3 Å². The predicted octanol–water partition coefficient (Wildman–Crippen LogP) is 3.82. The number of benzene rings is 1. The summed E-state index contributed by atoms with van der Waals surface area (Å²) >= 11 is 0. The van der Waals surface area contributed by atoms with Crippen molar-refractivity contribution in [1.29, 1.82) is 0 Å². The molecule has 1 aromatic rings. The maximum atomic E-state index is 5.43. The van der Waals surface area contributed by atoms with E-state index in [2.05, 4.69) is 43.0 Å². The predicted molar refractivity (Wildman–Crippen MR) is 77.4 cm³/mol. The third kappa shape index (κ3) is 3.05. The van der Waals surface area contributed by atoms with Gasteiger partial charge in [0.1, 0.15) is 0 Å². The fraction of sp³-hybridized carbons (Fsp3) is 0.625. The molecule has 0 aromatic heterocycles. The summed E-state index contributed by atoms with van der Waals surface area (Å²) in [5, 5.41) is 0. The molecular formula is C16H25NO. The molecule has 0 aliphatic carbocycles. The second kappa shape index (κ2) is 6.24. The molecule has 100 valence electrons. The van der Waals surface area contributed by atoms with E-state index in [1.54, 1.807) is 0 Å². The minimum atomic E-state index is 0.457. The lowest BCUT2D eigenvalue weighted by Gasteiger charge is -2.33. The summed E-state index contributed by atoms with van der Waals surface area (Å²) in [6.07, 6.45) is 3.95. The Morgan fingerprint density at radius 1 is 1.33 bits per heavy atom. The Morgan fingerprint density at radius 2 is 2.06 bits per heavy atom.